The Morgan fingerprint density at radius 1 is 0.889 bits per heavy atom. The van der Waals surface area contributed by atoms with Crippen LogP contribution < -0.4 is 15.4 Å². The van der Waals surface area contributed by atoms with E-state index in [0.29, 0.717) is 11.4 Å². The van der Waals surface area contributed by atoms with E-state index in [-0.39, 0.29) is 10.2 Å². The number of anilines is 2. The molecule has 0 radical (unpaired) electrons. The molecule has 1 unspecified atom stereocenters. The minimum absolute atomic E-state index is 0.283. The molecule has 0 spiro atoms. The Balaban J connectivity index is 1.60. The highest BCUT2D eigenvalue weighted by Gasteiger charge is 2.19. The first-order valence-electron chi connectivity index (χ1n) is 8.23. The number of carbonyl (C=O) groups is 1. The lowest BCUT2D eigenvalue weighted by atomic mass is 10.1. The second-order valence-corrected chi connectivity index (χ2v) is 8.73. The molecule has 0 aliphatic heterocycles. The van der Waals surface area contributed by atoms with Gasteiger partial charge in [0.1, 0.15) is 4.21 Å². The average molecular weight is 402 g/mol. The number of hydrogen-bond donors (Lipinski definition) is 3. The van der Waals surface area contributed by atoms with Gasteiger partial charge in [-0.05, 0) is 48.2 Å². The van der Waals surface area contributed by atoms with E-state index >= 15 is 0 Å². The van der Waals surface area contributed by atoms with E-state index in [1.807, 2.05) is 18.2 Å². The molecule has 2 aromatic carbocycles. The average Bonchev–Trinajstić information content (AvgIpc) is 3.18. The molecule has 1 atom stereocenters. The minimum atomic E-state index is -3.54. The molecule has 27 heavy (non-hydrogen) atoms. The molecule has 0 saturated carbocycles. The molecule has 2 amide bonds. The Morgan fingerprint density at radius 3 is 2.11 bits per heavy atom. The van der Waals surface area contributed by atoms with Crippen molar-refractivity contribution < 1.29 is 13.2 Å². The van der Waals surface area contributed by atoms with E-state index in [0.717, 1.165) is 5.56 Å². The summed E-state index contributed by atoms with van der Waals surface area (Å²) in [6.07, 6.45) is 0. The fourth-order valence-corrected chi connectivity index (χ4v) is 4.69. The van der Waals surface area contributed by atoms with Crippen molar-refractivity contribution in [2.75, 3.05) is 10.6 Å². The van der Waals surface area contributed by atoms with Crippen molar-refractivity contribution in [1.29, 1.82) is 0 Å². The van der Waals surface area contributed by atoms with Gasteiger partial charge >= 0.3 is 6.03 Å². The number of thiophene rings is 1. The number of benzene rings is 2. The number of amides is 2. The summed E-state index contributed by atoms with van der Waals surface area (Å²) >= 11 is 1.17. The number of para-hydroxylation sites is 1. The van der Waals surface area contributed by atoms with E-state index < -0.39 is 16.1 Å². The van der Waals surface area contributed by atoms with Crippen LogP contribution in [0.1, 0.15) is 18.5 Å². The van der Waals surface area contributed by atoms with E-state index in [4.69, 9.17) is 0 Å². The quantitative estimate of drug-likeness (QED) is 0.571. The van der Waals surface area contributed by atoms with Crippen LogP contribution in [0.3, 0.4) is 0 Å². The maximum Gasteiger partial charge on any atom is 0.323 e. The van der Waals surface area contributed by atoms with Gasteiger partial charge in [0.2, 0.25) is 0 Å². The Kier molecular flexibility index (Phi) is 5.90. The number of urea groups is 1. The molecule has 6 nitrogen and oxygen atoms in total. The number of sulfonamides is 1. The summed E-state index contributed by atoms with van der Waals surface area (Å²) in [5.41, 5.74) is 2.10. The van der Waals surface area contributed by atoms with E-state index in [9.17, 15) is 13.2 Å². The normalized spacial score (nSPS) is 12.3. The summed E-state index contributed by atoms with van der Waals surface area (Å²) in [4.78, 5) is 12.0. The summed E-state index contributed by atoms with van der Waals surface area (Å²) < 4.78 is 27.5. The van der Waals surface area contributed by atoms with Crippen LogP contribution in [-0.4, -0.2) is 14.4 Å². The Hall–Kier alpha value is -2.68. The molecule has 3 N–H and O–H groups in total. The predicted octanol–water partition coefficient (Wildman–Crippen LogP) is 4.43. The molecule has 0 aliphatic carbocycles. The molecule has 8 heteroatoms. The van der Waals surface area contributed by atoms with Gasteiger partial charge in [0.15, 0.2) is 0 Å². The lowest BCUT2D eigenvalue weighted by Crippen LogP contribution is -2.26. The lowest BCUT2D eigenvalue weighted by molar-refractivity contribution is 0.262. The van der Waals surface area contributed by atoms with Gasteiger partial charge in [-0.25, -0.2) is 17.9 Å². The largest absolute Gasteiger partial charge is 0.323 e. The van der Waals surface area contributed by atoms with Crippen molar-refractivity contribution in [1.82, 2.24) is 4.72 Å². The van der Waals surface area contributed by atoms with Crippen molar-refractivity contribution in [2.24, 2.45) is 0 Å². The first-order chi connectivity index (χ1) is 12.9. The molecule has 0 saturated heterocycles. The summed E-state index contributed by atoms with van der Waals surface area (Å²) in [5.74, 6) is 0. The standard InChI is InChI=1S/C19H19N3O3S2/c1-14(22-27(24,25)18-8-5-13-26-18)15-9-11-17(12-10-15)21-19(23)20-16-6-3-2-4-7-16/h2-14,22H,1H3,(H2,20,21,23). The summed E-state index contributed by atoms with van der Waals surface area (Å²) in [7, 11) is -3.54. The third-order valence-electron chi connectivity index (χ3n) is 3.79. The predicted molar refractivity (Wildman–Crippen MR) is 109 cm³/mol. The number of nitrogens with one attached hydrogen (secondary N) is 3. The van der Waals surface area contributed by atoms with Gasteiger partial charge in [0, 0.05) is 17.4 Å². The Bertz CT molecular complexity index is 986. The molecule has 1 heterocycles. The van der Waals surface area contributed by atoms with Crippen LogP contribution in [0.4, 0.5) is 16.2 Å². The van der Waals surface area contributed by atoms with Crippen LogP contribution in [0, 0.1) is 0 Å². The van der Waals surface area contributed by atoms with Crippen molar-refractivity contribution in [2.45, 2.75) is 17.2 Å². The van der Waals surface area contributed by atoms with Gasteiger partial charge in [-0.3, -0.25) is 0 Å². The zero-order valence-electron chi connectivity index (χ0n) is 14.5. The van der Waals surface area contributed by atoms with E-state index in [2.05, 4.69) is 15.4 Å². The van der Waals surface area contributed by atoms with Crippen LogP contribution in [-0.2, 0) is 10.0 Å². The van der Waals surface area contributed by atoms with Crippen LogP contribution >= 0.6 is 11.3 Å². The van der Waals surface area contributed by atoms with Crippen LogP contribution in [0.15, 0.2) is 76.3 Å². The highest BCUT2D eigenvalue weighted by Crippen LogP contribution is 2.21. The summed E-state index contributed by atoms with van der Waals surface area (Å²) in [6, 6.07) is 18.7. The maximum atomic E-state index is 12.3. The molecule has 0 aliphatic rings. The third-order valence-corrected chi connectivity index (χ3v) is 6.73. The zero-order chi connectivity index (χ0) is 19.3. The molecule has 140 valence electrons. The van der Waals surface area contributed by atoms with E-state index in [1.165, 1.54) is 11.3 Å². The zero-order valence-corrected chi connectivity index (χ0v) is 16.2. The second kappa shape index (κ2) is 8.34. The first-order valence-corrected chi connectivity index (χ1v) is 10.6. The highest BCUT2D eigenvalue weighted by atomic mass is 32.2. The van der Waals surface area contributed by atoms with Crippen LogP contribution in [0.2, 0.25) is 0 Å². The summed E-state index contributed by atoms with van der Waals surface area (Å²) in [6.45, 7) is 1.77. The molecular weight excluding hydrogens is 382 g/mol. The molecule has 1 aromatic heterocycles. The maximum absolute atomic E-state index is 12.3. The van der Waals surface area contributed by atoms with Gasteiger partial charge < -0.3 is 10.6 Å². The van der Waals surface area contributed by atoms with Gasteiger partial charge in [0.05, 0.1) is 0 Å². The fraction of sp³-hybridized carbons (Fsp3) is 0.105. The van der Waals surface area contributed by atoms with Crippen molar-refractivity contribution in [3.63, 3.8) is 0 Å². The topological polar surface area (TPSA) is 87.3 Å². The smallest absolute Gasteiger partial charge is 0.308 e. The fourth-order valence-electron chi connectivity index (χ4n) is 2.45. The summed E-state index contributed by atoms with van der Waals surface area (Å²) in [5, 5.41) is 7.20. The monoisotopic (exact) mass is 401 g/mol. The van der Waals surface area contributed by atoms with Gasteiger partial charge in [0.25, 0.3) is 10.0 Å². The number of carbonyl (C=O) groups excluding carboxylic acids is 1. The Morgan fingerprint density at radius 2 is 1.52 bits per heavy atom. The second-order valence-electron chi connectivity index (χ2n) is 5.84. The Labute approximate surface area is 162 Å². The highest BCUT2D eigenvalue weighted by molar-refractivity contribution is 7.91. The van der Waals surface area contributed by atoms with Crippen molar-refractivity contribution in [3.8, 4) is 0 Å². The van der Waals surface area contributed by atoms with Crippen molar-refractivity contribution >= 4 is 38.8 Å². The minimum Gasteiger partial charge on any atom is -0.308 e. The van der Waals surface area contributed by atoms with Gasteiger partial charge in [-0.1, -0.05) is 36.4 Å². The molecule has 0 fully saturated rings. The van der Waals surface area contributed by atoms with Crippen molar-refractivity contribution in [3.05, 3.63) is 77.7 Å². The van der Waals surface area contributed by atoms with Gasteiger partial charge in [-0.15, -0.1) is 11.3 Å². The molecule has 3 rings (SSSR count). The SMILES string of the molecule is CC(NS(=O)(=O)c1cccs1)c1ccc(NC(=O)Nc2ccccc2)cc1. The molecule has 0 bridgehead atoms. The number of rotatable bonds is 6. The van der Waals surface area contributed by atoms with Gasteiger partial charge in [-0.2, -0.15) is 0 Å². The van der Waals surface area contributed by atoms with Crippen LogP contribution in [0.5, 0.6) is 0 Å². The van der Waals surface area contributed by atoms with E-state index in [1.54, 1.807) is 60.8 Å². The van der Waals surface area contributed by atoms with Crippen LogP contribution in [0.25, 0.3) is 0 Å². The molecular formula is C19H19N3O3S2. The lowest BCUT2D eigenvalue weighted by Gasteiger charge is -2.14. The third kappa shape index (κ3) is 5.16. The number of hydrogen-bond acceptors (Lipinski definition) is 4. The first kappa shape index (κ1) is 19.1. The molecule has 3 aromatic rings.